The Kier molecular flexibility index (Phi) is 34.6. The molecule has 0 fully saturated rings. The van der Waals surface area contributed by atoms with E-state index in [1.165, 1.54) is 51.4 Å². The Hall–Kier alpha value is -1.54. The van der Waals surface area contributed by atoms with Crippen molar-refractivity contribution in [3.8, 4) is 0 Å². The molecule has 0 spiro atoms. The van der Waals surface area contributed by atoms with Gasteiger partial charge in [-0.3, -0.25) is 13.8 Å². The summed E-state index contributed by atoms with van der Waals surface area (Å²) in [6.07, 6.45) is 39.8. The van der Waals surface area contributed by atoms with Crippen molar-refractivity contribution in [2.75, 3.05) is 33.0 Å². The molecule has 9 heteroatoms. The van der Waals surface area contributed by atoms with E-state index < -0.39 is 13.9 Å². The molecule has 2 unspecified atom stereocenters. The molecule has 47 heavy (non-hydrogen) atoms. The van der Waals surface area contributed by atoms with Gasteiger partial charge in [0.15, 0.2) is 0 Å². The summed E-state index contributed by atoms with van der Waals surface area (Å²) >= 11 is 0. The van der Waals surface area contributed by atoms with Crippen LogP contribution in [-0.2, 0) is 27.9 Å². The molecule has 0 saturated carbocycles. The average Bonchev–Trinajstić information content (AvgIpc) is 3.06. The van der Waals surface area contributed by atoms with Gasteiger partial charge in [0.05, 0.1) is 19.8 Å². The van der Waals surface area contributed by atoms with Gasteiger partial charge in [0.2, 0.25) is 0 Å². The first kappa shape index (κ1) is 45.5. The van der Waals surface area contributed by atoms with Crippen LogP contribution in [0.3, 0.4) is 0 Å². The predicted molar refractivity (Wildman–Crippen MR) is 196 cm³/mol. The number of phosphoric acid groups is 1. The molecule has 0 heterocycles. The van der Waals surface area contributed by atoms with Gasteiger partial charge in [-0.1, -0.05) is 120 Å². The molecule has 0 aliphatic carbocycles. The van der Waals surface area contributed by atoms with Crippen molar-refractivity contribution in [3.63, 3.8) is 0 Å². The van der Waals surface area contributed by atoms with Crippen LogP contribution < -0.4 is 5.73 Å². The van der Waals surface area contributed by atoms with Gasteiger partial charge < -0.3 is 20.1 Å². The van der Waals surface area contributed by atoms with Crippen molar-refractivity contribution in [2.45, 2.75) is 155 Å². The Morgan fingerprint density at radius 3 is 1.81 bits per heavy atom. The Morgan fingerprint density at radius 1 is 0.660 bits per heavy atom. The number of carbonyl (C=O) groups is 1. The summed E-state index contributed by atoms with van der Waals surface area (Å²) in [6, 6.07) is 0. The molecule has 0 rings (SSSR count). The number of phosphoric ester groups is 1. The molecule has 0 bridgehead atoms. The zero-order chi connectivity index (χ0) is 34.5. The highest BCUT2D eigenvalue weighted by Crippen LogP contribution is 2.43. The third-order valence-electron chi connectivity index (χ3n) is 7.48. The third-order valence-corrected chi connectivity index (χ3v) is 8.46. The van der Waals surface area contributed by atoms with Gasteiger partial charge in [-0.15, -0.1) is 0 Å². The zero-order valence-electron chi connectivity index (χ0n) is 30.0. The van der Waals surface area contributed by atoms with Crippen molar-refractivity contribution < 1.29 is 32.8 Å². The summed E-state index contributed by atoms with van der Waals surface area (Å²) in [4.78, 5) is 22.3. The quantitative estimate of drug-likeness (QED) is 0.0293. The van der Waals surface area contributed by atoms with Crippen LogP contribution in [0.5, 0.6) is 0 Å². The second-order valence-electron chi connectivity index (χ2n) is 12.1. The van der Waals surface area contributed by atoms with Gasteiger partial charge in [-0.2, -0.15) is 0 Å². The van der Waals surface area contributed by atoms with Crippen LogP contribution in [0.25, 0.3) is 0 Å². The summed E-state index contributed by atoms with van der Waals surface area (Å²) in [5.41, 5.74) is 5.35. The minimum atomic E-state index is -4.28. The Balaban J connectivity index is 4.13. The van der Waals surface area contributed by atoms with E-state index in [1.807, 2.05) is 0 Å². The highest BCUT2D eigenvalue weighted by molar-refractivity contribution is 7.47. The molecule has 0 saturated heterocycles. The van der Waals surface area contributed by atoms with Gasteiger partial charge in [-0.05, 0) is 70.6 Å². The summed E-state index contributed by atoms with van der Waals surface area (Å²) < 4.78 is 33.2. The third kappa shape index (κ3) is 35.6. The topological polar surface area (TPSA) is 117 Å². The normalized spacial score (nSPS) is 14.2. The Bertz CT molecular complexity index is 859. The Labute approximate surface area is 288 Å². The molecule has 0 amide bonds. The number of allylic oxidation sites excluding steroid dienone is 8. The number of rotatable bonds is 35. The first-order chi connectivity index (χ1) is 22.9. The van der Waals surface area contributed by atoms with E-state index in [4.69, 9.17) is 24.3 Å². The van der Waals surface area contributed by atoms with Gasteiger partial charge in [0, 0.05) is 19.6 Å². The average molecular weight is 684 g/mol. The zero-order valence-corrected chi connectivity index (χ0v) is 30.9. The lowest BCUT2D eigenvalue weighted by molar-refractivity contribution is -0.154. The van der Waals surface area contributed by atoms with Crippen LogP contribution in [0.2, 0.25) is 0 Å². The standard InChI is InChI=1S/C38H70NO7P/c1-3-5-7-9-11-13-15-17-18-19-20-22-24-26-28-30-33-43-35-37(36-45-47(41,42)44-34-32-39)46-38(40)31-29-27-25-23-21-16-14-12-10-8-6-4-2/h5,7,11-14,17-18,37H,3-4,6,8-10,15-16,19-36,39H2,1-2H3,(H,41,42)/b7-5-,13-11-,14-12-,18-17-. The van der Waals surface area contributed by atoms with E-state index in [1.54, 1.807) is 0 Å². The molecule has 0 radical (unpaired) electrons. The molecule has 0 aliphatic heterocycles. The number of hydrogen-bond acceptors (Lipinski definition) is 7. The molecule has 0 aromatic carbocycles. The molecule has 3 N–H and O–H groups in total. The van der Waals surface area contributed by atoms with Crippen LogP contribution >= 0.6 is 7.82 Å². The van der Waals surface area contributed by atoms with Crippen molar-refractivity contribution >= 4 is 13.8 Å². The van der Waals surface area contributed by atoms with Crippen molar-refractivity contribution in [2.24, 2.45) is 5.73 Å². The fourth-order valence-corrected chi connectivity index (χ4v) is 5.53. The maximum Gasteiger partial charge on any atom is 0.472 e. The molecule has 2 atom stereocenters. The molecule has 0 aliphatic rings. The monoisotopic (exact) mass is 683 g/mol. The minimum Gasteiger partial charge on any atom is -0.457 e. The van der Waals surface area contributed by atoms with Crippen LogP contribution in [0.4, 0.5) is 0 Å². The lowest BCUT2D eigenvalue weighted by Gasteiger charge is -2.20. The molecule has 0 aromatic rings. The first-order valence-corrected chi connectivity index (χ1v) is 20.1. The van der Waals surface area contributed by atoms with Gasteiger partial charge in [0.1, 0.15) is 6.10 Å². The predicted octanol–water partition coefficient (Wildman–Crippen LogP) is 10.5. The fourth-order valence-electron chi connectivity index (χ4n) is 4.77. The van der Waals surface area contributed by atoms with Crippen molar-refractivity contribution in [3.05, 3.63) is 48.6 Å². The fraction of sp³-hybridized carbons (Fsp3) is 0.763. The van der Waals surface area contributed by atoms with E-state index in [2.05, 4.69) is 62.5 Å². The Morgan fingerprint density at radius 2 is 1.19 bits per heavy atom. The van der Waals surface area contributed by atoms with E-state index in [0.717, 1.165) is 77.0 Å². The maximum absolute atomic E-state index is 12.5. The highest BCUT2D eigenvalue weighted by Gasteiger charge is 2.25. The van der Waals surface area contributed by atoms with E-state index >= 15 is 0 Å². The number of nitrogens with two attached hydrogens (primary N) is 1. The lowest BCUT2D eigenvalue weighted by atomic mass is 10.1. The minimum absolute atomic E-state index is 0.0949. The summed E-state index contributed by atoms with van der Waals surface area (Å²) in [6.45, 7) is 4.72. The summed E-state index contributed by atoms with van der Waals surface area (Å²) in [5, 5.41) is 0. The van der Waals surface area contributed by atoms with E-state index in [0.29, 0.717) is 13.0 Å². The summed E-state index contributed by atoms with van der Waals surface area (Å²) in [5.74, 6) is -0.348. The molecular formula is C38H70NO7P. The van der Waals surface area contributed by atoms with E-state index in [9.17, 15) is 14.3 Å². The second-order valence-corrected chi connectivity index (χ2v) is 13.5. The molecule has 8 nitrogen and oxygen atoms in total. The number of unbranched alkanes of at least 4 members (excludes halogenated alkanes) is 14. The molecule has 274 valence electrons. The van der Waals surface area contributed by atoms with Crippen molar-refractivity contribution in [1.29, 1.82) is 0 Å². The smallest absolute Gasteiger partial charge is 0.457 e. The second kappa shape index (κ2) is 35.8. The highest BCUT2D eigenvalue weighted by atomic mass is 31.2. The lowest BCUT2D eigenvalue weighted by Crippen LogP contribution is -2.28. The van der Waals surface area contributed by atoms with Gasteiger partial charge in [-0.25, -0.2) is 4.57 Å². The van der Waals surface area contributed by atoms with Crippen LogP contribution in [0.1, 0.15) is 149 Å². The van der Waals surface area contributed by atoms with Crippen LogP contribution in [-0.4, -0.2) is 49.9 Å². The maximum atomic E-state index is 12.5. The van der Waals surface area contributed by atoms with Gasteiger partial charge >= 0.3 is 13.8 Å². The first-order valence-electron chi connectivity index (χ1n) is 18.6. The molecular weight excluding hydrogens is 613 g/mol. The van der Waals surface area contributed by atoms with Gasteiger partial charge in [0.25, 0.3) is 0 Å². The number of carbonyl (C=O) groups excluding carboxylic acids is 1. The van der Waals surface area contributed by atoms with Crippen molar-refractivity contribution in [1.82, 2.24) is 0 Å². The number of hydrogen-bond donors (Lipinski definition) is 2. The van der Waals surface area contributed by atoms with Crippen LogP contribution in [0.15, 0.2) is 48.6 Å². The van der Waals surface area contributed by atoms with Crippen LogP contribution in [0, 0.1) is 0 Å². The SMILES string of the molecule is CC/C=C\C/C=C\C/C=C\CCCCCCCCOCC(COP(=O)(O)OCCN)OC(=O)CCCCCCC/C=C\CCCCC. The molecule has 0 aromatic heterocycles. The largest absolute Gasteiger partial charge is 0.472 e. The number of ether oxygens (including phenoxy) is 2. The number of esters is 1. The van der Waals surface area contributed by atoms with E-state index in [-0.39, 0.29) is 32.3 Å². The summed E-state index contributed by atoms with van der Waals surface area (Å²) in [7, 11) is -4.28.